The first kappa shape index (κ1) is 25.6. The Kier molecular flexibility index (Phi) is 7.99. The summed E-state index contributed by atoms with van der Waals surface area (Å²) in [6.07, 6.45) is 9.13. The number of nitrogen functional groups attached to an aromatic ring is 1. The van der Waals surface area contributed by atoms with Gasteiger partial charge in [-0.05, 0) is 54.8 Å². The number of piperidine rings is 1. The molecule has 2 aliphatic rings. The molecule has 1 unspecified atom stereocenters. The number of aromatic nitrogens is 2. The molecule has 1 aromatic heterocycles. The lowest BCUT2D eigenvalue weighted by Crippen LogP contribution is -2.53. The van der Waals surface area contributed by atoms with Crippen LogP contribution >= 0.6 is 34.8 Å². The quantitative estimate of drug-likeness (QED) is 0.504. The van der Waals surface area contributed by atoms with Gasteiger partial charge in [-0.1, -0.05) is 42.5 Å². The maximum absolute atomic E-state index is 13.6. The number of rotatable bonds is 7. The van der Waals surface area contributed by atoms with Crippen LogP contribution in [0.3, 0.4) is 0 Å². The van der Waals surface area contributed by atoms with Gasteiger partial charge in [0.15, 0.2) is 0 Å². The number of sulfonamides is 1. The number of benzene rings is 1. The zero-order valence-electron chi connectivity index (χ0n) is 18.6. The van der Waals surface area contributed by atoms with E-state index in [0.29, 0.717) is 31.5 Å². The van der Waals surface area contributed by atoms with Crippen molar-refractivity contribution in [2.24, 2.45) is 11.8 Å². The molecule has 1 amide bonds. The van der Waals surface area contributed by atoms with E-state index >= 15 is 0 Å². The largest absolute Gasteiger partial charge is 0.396 e. The van der Waals surface area contributed by atoms with Crippen LogP contribution in [0.4, 0.5) is 5.69 Å². The Morgan fingerprint density at radius 3 is 2.47 bits per heavy atom. The summed E-state index contributed by atoms with van der Waals surface area (Å²) in [5.74, 6) is 0.884. The zero-order valence-corrected chi connectivity index (χ0v) is 21.7. The molecule has 3 N–H and O–H groups in total. The fourth-order valence-electron chi connectivity index (χ4n) is 4.97. The maximum Gasteiger partial charge on any atom is 0.241 e. The molecule has 1 saturated carbocycles. The normalized spacial score (nSPS) is 21.8. The second-order valence-corrected chi connectivity index (χ2v) is 11.9. The molecule has 2 fully saturated rings. The first-order valence-electron chi connectivity index (χ1n) is 11.4. The molecule has 4 rings (SSSR count). The molecule has 1 saturated heterocycles. The number of nitrogens with zero attached hydrogens (tertiary/aromatic N) is 3. The minimum atomic E-state index is -4.11. The molecule has 2 aromatic rings. The van der Waals surface area contributed by atoms with E-state index in [-0.39, 0.29) is 38.2 Å². The third kappa shape index (κ3) is 5.65. The van der Waals surface area contributed by atoms with E-state index in [1.165, 1.54) is 31.4 Å². The van der Waals surface area contributed by atoms with Crippen molar-refractivity contribution < 1.29 is 13.2 Å². The van der Waals surface area contributed by atoms with Crippen molar-refractivity contribution in [3.05, 3.63) is 39.9 Å². The molecule has 0 radical (unpaired) electrons. The number of hydrogen-bond donors (Lipinski definition) is 2. The fraction of sp³-hybridized carbons (Fsp3) is 0.545. The summed E-state index contributed by atoms with van der Waals surface area (Å²) < 4.78 is 30.7. The highest BCUT2D eigenvalue weighted by atomic mass is 35.5. The number of likely N-dealkylation sites (tertiary alicyclic amines) is 1. The smallest absolute Gasteiger partial charge is 0.241 e. The van der Waals surface area contributed by atoms with E-state index in [4.69, 9.17) is 40.5 Å². The number of amides is 1. The van der Waals surface area contributed by atoms with Gasteiger partial charge in [-0.25, -0.2) is 13.4 Å². The van der Waals surface area contributed by atoms with Gasteiger partial charge in [0.1, 0.15) is 6.04 Å². The Hall–Kier alpha value is -1.52. The van der Waals surface area contributed by atoms with Crippen molar-refractivity contribution >= 4 is 56.4 Å². The number of imidazole rings is 1. The molecule has 34 heavy (non-hydrogen) atoms. The number of halogens is 3. The van der Waals surface area contributed by atoms with Gasteiger partial charge in [-0.15, -0.1) is 0 Å². The molecule has 1 aromatic carbocycles. The summed E-state index contributed by atoms with van der Waals surface area (Å²) >= 11 is 18.2. The Labute approximate surface area is 214 Å². The Bertz CT molecular complexity index is 1130. The minimum Gasteiger partial charge on any atom is -0.396 e. The third-order valence-electron chi connectivity index (χ3n) is 6.88. The molecule has 186 valence electrons. The van der Waals surface area contributed by atoms with Gasteiger partial charge < -0.3 is 15.2 Å². The van der Waals surface area contributed by atoms with Crippen LogP contribution in [0.1, 0.15) is 38.5 Å². The number of carbonyl (C=O) groups is 1. The second kappa shape index (κ2) is 10.6. The van der Waals surface area contributed by atoms with Gasteiger partial charge in [0.2, 0.25) is 21.2 Å². The SMILES string of the molecule is Nc1c(Cl)cc(S(=O)(=O)NC(CCn2ccnc2Cl)C(=O)N2CC[C@@H]3CCCC[C@H]3C2)cc1Cl. The first-order chi connectivity index (χ1) is 16.2. The van der Waals surface area contributed by atoms with E-state index in [9.17, 15) is 13.2 Å². The molecule has 1 aliphatic heterocycles. The lowest BCUT2D eigenvalue weighted by atomic mass is 9.75. The maximum atomic E-state index is 13.6. The van der Waals surface area contributed by atoms with Crippen molar-refractivity contribution in [2.45, 2.75) is 56.0 Å². The number of nitrogens with two attached hydrogens (primary N) is 1. The van der Waals surface area contributed by atoms with Crippen LogP contribution in [0.5, 0.6) is 0 Å². The highest BCUT2D eigenvalue weighted by molar-refractivity contribution is 7.89. The summed E-state index contributed by atoms with van der Waals surface area (Å²) in [5.41, 5.74) is 5.85. The Morgan fingerprint density at radius 2 is 1.82 bits per heavy atom. The third-order valence-corrected chi connectivity index (χ3v) is 9.28. The first-order valence-corrected chi connectivity index (χ1v) is 14.0. The number of carbonyl (C=O) groups excluding carboxylic acids is 1. The van der Waals surface area contributed by atoms with Gasteiger partial charge >= 0.3 is 0 Å². The van der Waals surface area contributed by atoms with Crippen LogP contribution in [-0.4, -0.2) is 47.9 Å². The lowest BCUT2D eigenvalue weighted by molar-refractivity contribution is -0.136. The zero-order chi connectivity index (χ0) is 24.5. The molecule has 3 atom stereocenters. The van der Waals surface area contributed by atoms with Gasteiger partial charge in [0, 0.05) is 32.0 Å². The van der Waals surface area contributed by atoms with Gasteiger partial charge in [-0.2, -0.15) is 4.72 Å². The standard InChI is InChI=1S/C22H28Cl3N5O3S/c23-17-11-16(12-18(24)20(17)26)34(32,33)28-19(6-9-29-10-7-27-22(29)25)21(31)30-8-5-14-3-1-2-4-15(14)13-30/h7,10-12,14-15,19,28H,1-6,8-9,13,26H2/t14-,15-,19?/m0/s1. The molecular weight excluding hydrogens is 521 g/mol. The average Bonchev–Trinajstić information content (AvgIpc) is 3.23. The monoisotopic (exact) mass is 547 g/mol. The fourth-order valence-corrected chi connectivity index (χ4v) is 7.06. The number of fused-ring (bicyclic) bond motifs is 1. The minimum absolute atomic E-state index is 0.0281. The number of nitrogens with one attached hydrogen (secondary N) is 1. The Balaban J connectivity index is 1.56. The summed E-state index contributed by atoms with van der Waals surface area (Å²) in [7, 11) is -4.11. The average molecular weight is 549 g/mol. The van der Waals surface area contributed by atoms with Gasteiger partial charge in [0.05, 0.1) is 20.6 Å². The number of anilines is 1. The molecule has 0 spiro atoms. The summed E-state index contributed by atoms with van der Waals surface area (Å²) in [6, 6.07) is 1.47. The highest BCUT2D eigenvalue weighted by Gasteiger charge is 2.36. The number of aryl methyl sites for hydroxylation is 1. The molecule has 0 bridgehead atoms. The van der Waals surface area contributed by atoms with E-state index in [2.05, 4.69) is 9.71 Å². The van der Waals surface area contributed by atoms with Gasteiger partial charge in [0.25, 0.3) is 0 Å². The van der Waals surface area contributed by atoms with Crippen LogP contribution < -0.4 is 10.5 Å². The molecule has 1 aliphatic carbocycles. The molecular formula is C22H28Cl3N5O3S. The van der Waals surface area contributed by atoms with Crippen molar-refractivity contribution in [1.29, 1.82) is 0 Å². The predicted molar refractivity (Wildman–Crippen MR) is 133 cm³/mol. The van der Waals surface area contributed by atoms with E-state index in [0.717, 1.165) is 12.8 Å². The topological polar surface area (TPSA) is 110 Å². The van der Waals surface area contributed by atoms with Crippen LogP contribution in [0.25, 0.3) is 0 Å². The predicted octanol–water partition coefficient (Wildman–Crippen LogP) is 4.20. The summed E-state index contributed by atoms with van der Waals surface area (Å²) in [4.78, 5) is 19.2. The van der Waals surface area contributed by atoms with Crippen LogP contribution in [0.15, 0.2) is 29.4 Å². The molecule has 2 heterocycles. The van der Waals surface area contributed by atoms with Crippen LogP contribution in [0, 0.1) is 11.8 Å². The van der Waals surface area contributed by atoms with Crippen molar-refractivity contribution in [1.82, 2.24) is 19.2 Å². The summed E-state index contributed by atoms with van der Waals surface area (Å²) in [5, 5.41) is 0.329. The van der Waals surface area contributed by atoms with Crippen molar-refractivity contribution in [3.8, 4) is 0 Å². The lowest BCUT2D eigenvalue weighted by Gasteiger charge is -2.42. The molecule has 12 heteroatoms. The summed E-state index contributed by atoms with van der Waals surface area (Å²) in [6.45, 7) is 1.61. The van der Waals surface area contributed by atoms with Crippen molar-refractivity contribution in [3.63, 3.8) is 0 Å². The van der Waals surface area contributed by atoms with Crippen LogP contribution in [0.2, 0.25) is 15.3 Å². The Morgan fingerprint density at radius 1 is 1.15 bits per heavy atom. The van der Waals surface area contributed by atoms with E-state index in [1.807, 2.05) is 0 Å². The van der Waals surface area contributed by atoms with E-state index in [1.54, 1.807) is 21.9 Å². The molecule has 8 nitrogen and oxygen atoms in total. The van der Waals surface area contributed by atoms with Gasteiger partial charge in [-0.3, -0.25) is 4.79 Å². The number of hydrogen-bond acceptors (Lipinski definition) is 5. The second-order valence-electron chi connectivity index (χ2n) is 9.03. The van der Waals surface area contributed by atoms with E-state index < -0.39 is 16.1 Å². The van der Waals surface area contributed by atoms with Crippen molar-refractivity contribution in [2.75, 3.05) is 18.8 Å². The highest BCUT2D eigenvalue weighted by Crippen LogP contribution is 2.36. The van der Waals surface area contributed by atoms with Crippen LogP contribution in [-0.2, 0) is 21.4 Å².